The van der Waals surface area contributed by atoms with Crippen LogP contribution in [0.15, 0.2) is 0 Å². The summed E-state index contributed by atoms with van der Waals surface area (Å²) in [6.45, 7) is 4.75. The zero-order valence-electron chi connectivity index (χ0n) is 9.21. The summed E-state index contributed by atoms with van der Waals surface area (Å²) >= 11 is 0. The molecule has 1 fully saturated rings. The van der Waals surface area contributed by atoms with Gasteiger partial charge in [0.25, 0.3) is 0 Å². The summed E-state index contributed by atoms with van der Waals surface area (Å²) in [6, 6.07) is 0.435. The minimum absolute atomic E-state index is 0.132. The Morgan fingerprint density at radius 3 is 2.46 bits per heavy atom. The molecule has 3 heteroatoms. The maximum Gasteiger partial charge on any atom is 0.0559 e. The van der Waals surface area contributed by atoms with E-state index in [0.717, 1.165) is 19.4 Å². The lowest BCUT2D eigenvalue weighted by atomic mass is 10.1. The molecule has 0 aromatic carbocycles. The first-order chi connectivity index (χ1) is 6.27. The summed E-state index contributed by atoms with van der Waals surface area (Å²) < 4.78 is 5.06. The van der Waals surface area contributed by atoms with E-state index in [4.69, 9.17) is 4.74 Å². The molecule has 2 N–H and O–H groups in total. The van der Waals surface area contributed by atoms with Crippen LogP contribution in [0.2, 0.25) is 0 Å². The van der Waals surface area contributed by atoms with Crippen molar-refractivity contribution in [2.24, 2.45) is 5.92 Å². The van der Waals surface area contributed by atoms with Gasteiger partial charge in [-0.2, -0.15) is 0 Å². The Hall–Kier alpha value is -0.120. The average Bonchev–Trinajstić information content (AvgIpc) is 2.50. The van der Waals surface area contributed by atoms with Gasteiger partial charge in [-0.3, -0.25) is 0 Å². The molecule has 3 unspecified atom stereocenters. The van der Waals surface area contributed by atoms with Gasteiger partial charge in [-0.15, -0.1) is 0 Å². The van der Waals surface area contributed by atoms with Crippen LogP contribution in [-0.2, 0) is 4.74 Å². The molecule has 0 saturated heterocycles. The third-order valence-corrected chi connectivity index (χ3v) is 2.42. The Morgan fingerprint density at radius 1 is 1.38 bits per heavy atom. The van der Waals surface area contributed by atoms with Gasteiger partial charge in [-0.05, 0) is 19.9 Å². The number of hydrogen-bond donors (Lipinski definition) is 2. The summed E-state index contributed by atoms with van der Waals surface area (Å²) in [5, 5.41) is 12.5. The SMILES string of the molecule is CC.CNC1CC(O)CC1COC. The second kappa shape index (κ2) is 7.30. The first-order valence-electron chi connectivity index (χ1n) is 5.12. The van der Waals surface area contributed by atoms with Gasteiger partial charge in [0.2, 0.25) is 0 Å². The van der Waals surface area contributed by atoms with Crippen molar-refractivity contribution in [2.75, 3.05) is 20.8 Å². The third kappa shape index (κ3) is 4.07. The Morgan fingerprint density at radius 2 is 2.00 bits per heavy atom. The van der Waals surface area contributed by atoms with Gasteiger partial charge in [-0.25, -0.2) is 0 Å². The summed E-state index contributed by atoms with van der Waals surface area (Å²) in [7, 11) is 3.64. The maximum absolute atomic E-state index is 9.33. The quantitative estimate of drug-likeness (QED) is 0.696. The highest BCUT2D eigenvalue weighted by Gasteiger charge is 2.31. The summed E-state index contributed by atoms with van der Waals surface area (Å²) in [5.41, 5.74) is 0. The standard InChI is InChI=1S/C8H17NO2.C2H6/c1-9-8-4-7(10)3-6(8)5-11-2;1-2/h6-10H,3-5H2,1-2H3;1-2H3. The molecule has 0 aromatic rings. The number of aliphatic hydroxyl groups excluding tert-OH is 1. The van der Waals surface area contributed by atoms with E-state index in [2.05, 4.69) is 5.32 Å². The van der Waals surface area contributed by atoms with Gasteiger partial charge in [-0.1, -0.05) is 13.8 Å². The van der Waals surface area contributed by atoms with Gasteiger partial charge in [0.1, 0.15) is 0 Å². The molecule has 0 aliphatic heterocycles. The lowest BCUT2D eigenvalue weighted by Crippen LogP contribution is -2.31. The molecular weight excluding hydrogens is 166 g/mol. The molecule has 0 amide bonds. The molecule has 1 saturated carbocycles. The van der Waals surface area contributed by atoms with Gasteiger partial charge >= 0.3 is 0 Å². The second-order valence-corrected chi connectivity index (χ2v) is 3.24. The fourth-order valence-corrected chi connectivity index (χ4v) is 1.85. The molecule has 0 bridgehead atoms. The lowest BCUT2D eigenvalue weighted by Gasteiger charge is -2.16. The van der Waals surface area contributed by atoms with Crippen molar-refractivity contribution in [3.8, 4) is 0 Å². The van der Waals surface area contributed by atoms with Gasteiger partial charge in [0, 0.05) is 19.1 Å². The third-order valence-electron chi connectivity index (χ3n) is 2.42. The number of aliphatic hydroxyl groups is 1. The molecule has 0 radical (unpaired) electrons. The van der Waals surface area contributed by atoms with Gasteiger partial charge < -0.3 is 15.2 Å². The smallest absolute Gasteiger partial charge is 0.0559 e. The van der Waals surface area contributed by atoms with E-state index < -0.39 is 0 Å². The number of hydrogen-bond acceptors (Lipinski definition) is 3. The van der Waals surface area contributed by atoms with Crippen LogP contribution in [0.1, 0.15) is 26.7 Å². The molecule has 80 valence electrons. The lowest BCUT2D eigenvalue weighted by molar-refractivity contribution is 0.130. The highest BCUT2D eigenvalue weighted by Crippen LogP contribution is 2.25. The fourth-order valence-electron chi connectivity index (χ4n) is 1.85. The van der Waals surface area contributed by atoms with Crippen LogP contribution in [0.3, 0.4) is 0 Å². The van der Waals surface area contributed by atoms with Crippen molar-refractivity contribution >= 4 is 0 Å². The van der Waals surface area contributed by atoms with E-state index in [1.165, 1.54) is 0 Å². The summed E-state index contributed by atoms with van der Waals surface area (Å²) in [6.07, 6.45) is 1.61. The zero-order valence-corrected chi connectivity index (χ0v) is 9.21. The van der Waals surface area contributed by atoms with Crippen molar-refractivity contribution < 1.29 is 9.84 Å². The van der Waals surface area contributed by atoms with Crippen molar-refractivity contribution in [2.45, 2.75) is 38.8 Å². The van der Waals surface area contributed by atoms with Crippen molar-refractivity contribution in [3.63, 3.8) is 0 Å². The van der Waals surface area contributed by atoms with E-state index in [-0.39, 0.29) is 6.10 Å². The molecule has 0 spiro atoms. The molecule has 3 nitrogen and oxygen atoms in total. The molecule has 0 aromatic heterocycles. The maximum atomic E-state index is 9.33. The molecular formula is C10H23NO2. The summed E-state index contributed by atoms with van der Waals surface area (Å²) in [5.74, 6) is 0.486. The molecule has 1 aliphatic rings. The van der Waals surface area contributed by atoms with Crippen LogP contribution in [-0.4, -0.2) is 38.0 Å². The summed E-state index contributed by atoms with van der Waals surface area (Å²) in [4.78, 5) is 0. The van der Waals surface area contributed by atoms with Crippen LogP contribution >= 0.6 is 0 Å². The first-order valence-corrected chi connectivity index (χ1v) is 5.12. The Bertz CT molecular complexity index is 119. The van der Waals surface area contributed by atoms with Crippen molar-refractivity contribution in [3.05, 3.63) is 0 Å². The minimum atomic E-state index is -0.132. The Labute approximate surface area is 81.5 Å². The van der Waals surface area contributed by atoms with Gasteiger partial charge in [0.15, 0.2) is 0 Å². The number of ether oxygens (including phenoxy) is 1. The Kier molecular flexibility index (Phi) is 7.23. The van der Waals surface area contributed by atoms with E-state index in [0.29, 0.717) is 12.0 Å². The highest BCUT2D eigenvalue weighted by atomic mass is 16.5. The molecule has 1 rings (SSSR count). The topological polar surface area (TPSA) is 41.5 Å². The predicted molar refractivity (Wildman–Crippen MR) is 54.8 cm³/mol. The number of rotatable bonds is 3. The van der Waals surface area contributed by atoms with E-state index in [1.807, 2.05) is 20.9 Å². The van der Waals surface area contributed by atoms with Crippen molar-refractivity contribution in [1.29, 1.82) is 0 Å². The monoisotopic (exact) mass is 189 g/mol. The number of methoxy groups -OCH3 is 1. The Balaban J connectivity index is 0.000000671. The second-order valence-electron chi connectivity index (χ2n) is 3.24. The highest BCUT2D eigenvalue weighted by molar-refractivity contribution is 4.87. The van der Waals surface area contributed by atoms with Crippen LogP contribution in [0, 0.1) is 5.92 Å². The van der Waals surface area contributed by atoms with Crippen LogP contribution < -0.4 is 5.32 Å². The normalized spacial score (nSPS) is 32.5. The van der Waals surface area contributed by atoms with Crippen LogP contribution in [0.5, 0.6) is 0 Å². The van der Waals surface area contributed by atoms with E-state index in [9.17, 15) is 5.11 Å². The molecule has 13 heavy (non-hydrogen) atoms. The zero-order chi connectivity index (χ0) is 10.3. The van der Waals surface area contributed by atoms with E-state index in [1.54, 1.807) is 7.11 Å². The fraction of sp³-hybridized carbons (Fsp3) is 1.00. The first kappa shape index (κ1) is 12.9. The van der Waals surface area contributed by atoms with Crippen molar-refractivity contribution in [1.82, 2.24) is 5.32 Å². The predicted octanol–water partition coefficient (Wildman–Crippen LogP) is 1.02. The minimum Gasteiger partial charge on any atom is -0.393 e. The molecule has 0 heterocycles. The van der Waals surface area contributed by atoms with Crippen LogP contribution in [0.25, 0.3) is 0 Å². The van der Waals surface area contributed by atoms with E-state index >= 15 is 0 Å². The number of nitrogens with one attached hydrogen (secondary N) is 1. The molecule has 1 aliphatic carbocycles. The molecule has 3 atom stereocenters. The van der Waals surface area contributed by atoms with Crippen LogP contribution in [0.4, 0.5) is 0 Å². The largest absolute Gasteiger partial charge is 0.393 e. The van der Waals surface area contributed by atoms with Gasteiger partial charge in [0.05, 0.1) is 12.7 Å². The average molecular weight is 189 g/mol.